The van der Waals surface area contributed by atoms with Crippen molar-refractivity contribution in [1.82, 2.24) is 9.72 Å². The molecule has 2 atom stereocenters. The standard InChI is InChI=1S/C23H17F4N3O5S/c1-34-20-10-15(14-9-16(14)23(25,26)27)17(24)11-19(20)30-18-4-3-13(8-12(18)2-5-22(30)31)36(32,33)29-21-6-7-35-28-21/h2-8,10-11,14,16H,9H2,1H3,(H,28,29)/t14-,16+/m1/s1. The van der Waals surface area contributed by atoms with Gasteiger partial charge in [-0.05, 0) is 48.2 Å². The Balaban J connectivity index is 1.59. The quantitative estimate of drug-likeness (QED) is 0.371. The fraction of sp³-hybridized carbons (Fsp3) is 0.217. The summed E-state index contributed by atoms with van der Waals surface area (Å²) < 4.78 is 92.8. The molecule has 0 amide bonds. The zero-order chi connectivity index (χ0) is 25.8. The van der Waals surface area contributed by atoms with Crippen molar-refractivity contribution >= 4 is 26.7 Å². The summed E-state index contributed by atoms with van der Waals surface area (Å²) >= 11 is 0. The van der Waals surface area contributed by atoms with E-state index in [4.69, 9.17) is 4.74 Å². The normalized spacial score (nSPS) is 17.8. The van der Waals surface area contributed by atoms with Crippen LogP contribution in [0.4, 0.5) is 23.4 Å². The Kier molecular flexibility index (Phi) is 5.54. The van der Waals surface area contributed by atoms with Gasteiger partial charge >= 0.3 is 6.18 Å². The topological polar surface area (TPSA) is 103 Å². The smallest absolute Gasteiger partial charge is 0.392 e. The Morgan fingerprint density at radius 2 is 1.92 bits per heavy atom. The van der Waals surface area contributed by atoms with Gasteiger partial charge in [0.2, 0.25) is 0 Å². The zero-order valence-electron chi connectivity index (χ0n) is 18.4. The molecule has 1 aliphatic carbocycles. The first-order valence-electron chi connectivity index (χ1n) is 10.5. The summed E-state index contributed by atoms with van der Waals surface area (Å²) in [6.07, 6.45) is -3.46. The van der Waals surface area contributed by atoms with Gasteiger partial charge in [0.25, 0.3) is 15.6 Å². The number of pyridine rings is 1. The number of sulfonamides is 1. The summed E-state index contributed by atoms with van der Waals surface area (Å²) in [5.74, 6) is -3.58. The monoisotopic (exact) mass is 523 g/mol. The SMILES string of the molecule is COc1cc([C@H]2C[C@@H]2C(F)(F)F)c(F)cc1-n1c(=O)ccc2cc(S(=O)(=O)Nc3ccon3)ccc21. The van der Waals surface area contributed by atoms with E-state index in [9.17, 15) is 30.8 Å². The second-order valence-electron chi connectivity index (χ2n) is 8.25. The van der Waals surface area contributed by atoms with Gasteiger partial charge in [-0.2, -0.15) is 13.2 Å². The molecule has 0 unspecified atom stereocenters. The molecule has 5 rings (SSSR count). The van der Waals surface area contributed by atoms with Crippen LogP contribution in [0.1, 0.15) is 17.9 Å². The van der Waals surface area contributed by atoms with E-state index >= 15 is 0 Å². The van der Waals surface area contributed by atoms with Crippen molar-refractivity contribution in [3.05, 3.63) is 76.5 Å². The number of alkyl halides is 3. The van der Waals surface area contributed by atoms with Crippen LogP contribution in [0.25, 0.3) is 16.6 Å². The summed E-state index contributed by atoms with van der Waals surface area (Å²) in [5.41, 5.74) is -0.523. The molecule has 1 aliphatic rings. The van der Waals surface area contributed by atoms with E-state index in [1.165, 1.54) is 49.8 Å². The highest BCUT2D eigenvalue weighted by Gasteiger charge is 2.57. The molecule has 2 aromatic carbocycles. The van der Waals surface area contributed by atoms with Crippen LogP contribution in [0.2, 0.25) is 0 Å². The largest absolute Gasteiger partial charge is 0.495 e. The number of benzene rings is 2. The van der Waals surface area contributed by atoms with Gasteiger partial charge in [0, 0.05) is 23.6 Å². The van der Waals surface area contributed by atoms with Crippen LogP contribution in [0.5, 0.6) is 5.75 Å². The molecule has 1 N–H and O–H groups in total. The van der Waals surface area contributed by atoms with Gasteiger partial charge < -0.3 is 9.26 Å². The van der Waals surface area contributed by atoms with Crippen LogP contribution >= 0.6 is 0 Å². The number of halogens is 4. The van der Waals surface area contributed by atoms with E-state index in [0.29, 0.717) is 5.39 Å². The minimum Gasteiger partial charge on any atom is -0.495 e. The van der Waals surface area contributed by atoms with E-state index in [1.807, 2.05) is 0 Å². The second-order valence-corrected chi connectivity index (χ2v) is 9.94. The molecule has 0 aliphatic heterocycles. The number of methoxy groups -OCH3 is 1. The van der Waals surface area contributed by atoms with Crippen LogP contribution in [-0.2, 0) is 10.0 Å². The number of ether oxygens (including phenoxy) is 1. The van der Waals surface area contributed by atoms with Crippen LogP contribution in [-0.4, -0.2) is 31.4 Å². The van der Waals surface area contributed by atoms with E-state index < -0.39 is 39.4 Å². The van der Waals surface area contributed by atoms with E-state index in [-0.39, 0.29) is 39.7 Å². The maximum absolute atomic E-state index is 15.0. The Morgan fingerprint density at radius 1 is 1.14 bits per heavy atom. The lowest BCUT2D eigenvalue weighted by molar-refractivity contribution is -0.148. The van der Waals surface area contributed by atoms with Crippen molar-refractivity contribution in [3.8, 4) is 11.4 Å². The molecule has 0 radical (unpaired) electrons. The van der Waals surface area contributed by atoms with E-state index in [1.54, 1.807) is 0 Å². The Labute approximate surface area is 201 Å². The van der Waals surface area contributed by atoms with Crippen molar-refractivity contribution in [2.45, 2.75) is 23.4 Å². The maximum atomic E-state index is 15.0. The van der Waals surface area contributed by atoms with Gasteiger partial charge in [-0.1, -0.05) is 5.16 Å². The lowest BCUT2D eigenvalue weighted by atomic mass is 10.1. The first-order chi connectivity index (χ1) is 17.0. The minimum atomic E-state index is -4.43. The molecule has 4 aromatic rings. The molecular weight excluding hydrogens is 506 g/mol. The minimum absolute atomic E-state index is 0.00165. The Morgan fingerprint density at radius 3 is 2.56 bits per heavy atom. The summed E-state index contributed by atoms with van der Waals surface area (Å²) in [7, 11) is -2.79. The average Bonchev–Trinajstić information content (AvgIpc) is 3.48. The Bertz CT molecular complexity index is 1630. The number of aromatic nitrogens is 2. The van der Waals surface area contributed by atoms with Gasteiger partial charge in [0.1, 0.15) is 17.8 Å². The average molecular weight is 523 g/mol. The Hall–Kier alpha value is -3.87. The highest BCUT2D eigenvalue weighted by Crippen LogP contribution is 2.57. The fourth-order valence-corrected chi connectivity index (χ4v) is 5.21. The number of rotatable bonds is 6. The molecule has 1 saturated carbocycles. The van der Waals surface area contributed by atoms with Gasteiger partial charge in [-0.25, -0.2) is 12.8 Å². The third-order valence-electron chi connectivity index (χ3n) is 6.00. The summed E-state index contributed by atoms with van der Waals surface area (Å²) in [5, 5.41) is 3.82. The number of hydrogen-bond acceptors (Lipinski definition) is 6. The van der Waals surface area contributed by atoms with E-state index in [0.717, 1.165) is 16.7 Å². The number of hydrogen-bond donors (Lipinski definition) is 1. The molecule has 0 saturated heterocycles. The van der Waals surface area contributed by atoms with Crippen LogP contribution in [0.15, 0.2) is 69.0 Å². The predicted molar refractivity (Wildman–Crippen MR) is 120 cm³/mol. The molecule has 13 heteroatoms. The van der Waals surface area contributed by atoms with Crippen LogP contribution in [0.3, 0.4) is 0 Å². The molecule has 1 fully saturated rings. The molecule has 2 heterocycles. The summed E-state index contributed by atoms with van der Waals surface area (Å²) in [6.45, 7) is 0. The lowest BCUT2D eigenvalue weighted by Crippen LogP contribution is -2.19. The maximum Gasteiger partial charge on any atom is 0.392 e. The summed E-state index contributed by atoms with van der Waals surface area (Å²) in [4.78, 5) is 12.7. The van der Waals surface area contributed by atoms with E-state index in [2.05, 4.69) is 14.4 Å². The highest BCUT2D eigenvalue weighted by atomic mass is 32.2. The number of fused-ring (bicyclic) bond motifs is 1. The lowest BCUT2D eigenvalue weighted by Gasteiger charge is -2.16. The summed E-state index contributed by atoms with van der Waals surface area (Å²) in [6, 6.07) is 9.93. The third-order valence-corrected chi connectivity index (χ3v) is 7.35. The molecule has 36 heavy (non-hydrogen) atoms. The molecule has 0 spiro atoms. The van der Waals surface area contributed by atoms with Crippen molar-refractivity contribution < 1.29 is 35.2 Å². The van der Waals surface area contributed by atoms with Crippen molar-refractivity contribution in [1.29, 1.82) is 0 Å². The van der Waals surface area contributed by atoms with Gasteiger partial charge in [-0.15, -0.1) is 0 Å². The molecular formula is C23H17F4N3O5S. The van der Waals surface area contributed by atoms with Crippen molar-refractivity contribution in [2.24, 2.45) is 5.92 Å². The molecule has 2 aromatic heterocycles. The second kappa shape index (κ2) is 8.36. The molecule has 188 valence electrons. The van der Waals surface area contributed by atoms with Crippen molar-refractivity contribution in [2.75, 3.05) is 11.8 Å². The van der Waals surface area contributed by atoms with Gasteiger partial charge in [0.15, 0.2) is 5.82 Å². The first kappa shape index (κ1) is 23.9. The number of nitrogens with one attached hydrogen (secondary N) is 1. The van der Waals surface area contributed by atoms with Gasteiger partial charge in [0.05, 0.1) is 29.1 Å². The fourth-order valence-electron chi connectivity index (χ4n) is 4.18. The van der Waals surface area contributed by atoms with Crippen LogP contribution < -0.4 is 15.0 Å². The zero-order valence-corrected chi connectivity index (χ0v) is 19.2. The third kappa shape index (κ3) is 4.19. The highest BCUT2D eigenvalue weighted by molar-refractivity contribution is 7.92. The predicted octanol–water partition coefficient (Wildman–Crippen LogP) is 4.59. The molecule has 0 bridgehead atoms. The first-order valence-corrected chi connectivity index (χ1v) is 12.0. The van der Waals surface area contributed by atoms with Crippen LogP contribution in [0, 0.1) is 11.7 Å². The van der Waals surface area contributed by atoms with Gasteiger partial charge in [-0.3, -0.25) is 14.1 Å². The molecule has 8 nitrogen and oxygen atoms in total. The number of anilines is 1. The number of nitrogens with zero attached hydrogens (tertiary/aromatic N) is 2. The van der Waals surface area contributed by atoms with Crippen molar-refractivity contribution in [3.63, 3.8) is 0 Å².